The highest BCUT2D eigenvalue weighted by atomic mass is 19.4. The Labute approximate surface area is 517 Å². The molecule has 0 aromatic heterocycles. The number of fused-ring (bicyclic) bond motifs is 12. The van der Waals surface area contributed by atoms with Gasteiger partial charge in [-0.3, -0.25) is 25.0 Å². The number of ether oxygens (including phenoxy) is 2. The Morgan fingerprint density at radius 2 is 0.978 bits per heavy atom. The zero-order valence-corrected chi connectivity index (χ0v) is 50.8. The number of amides is 5. The van der Waals surface area contributed by atoms with Gasteiger partial charge in [0.2, 0.25) is 17.7 Å². The van der Waals surface area contributed by atoms with Crippen LogP contribution in [-0.2, 0) is 52.3 Å². The van der Waals surface area contributed by atoms with Crippen molar-refractivity contribution in [1.82, 2.24) is 10.6 Å². The van der Waals surface area contributed by atoms with Crippen LogP contribution < -0.4 is 27.0 Å². The van der Waals surface area contributed by atoms with E-state index in [2.05, 4.69) is 122 Å². The van der Waals surface area contributed by atoms with Crippen LogP contribution in [-0.4, -0.2) is 73.0 Å². The first-order chi connectivity index (χ1) is 42.6. The number of carboxylic acids is 1. The molecule has 466 valence electrons. The van der Waals surface area contributed by atoms with Crippen molar-refractivity contribution in [3.63, 3.8) is 0 Å². The lowest BCUT2D eigenvalue weighted by molar-refractivity contribution is -0.192. The number of nitrogens with two attached hydrogens (primary N) is 1. The predicted octanol–water partition coefficient (Wildman–Crippen LogP) is 14.0. The number of hydrogen-bond donors (Lipinski definition) is 6. The van der Waals surface area contributed by atoms with Crippen molar-refractivity contribution < 1.29 is 56.5 Å². The van der Waals surface area contributed by atoms with Gasteiger partial charge in [-0.1, -0.05) is 150 Å². The minimum Gasteiger partial charge on any atom is -0.475 e. The van der Waals surface area contributed by atoms with Crippen molar-refractivity contribution in [2.75, 3.05) is 30.4 Å². The SMILES string of the molecule is C[C@]1(C(=O)NC(=O)[C@@]2(C)CCC[C@]3(C)c4cc(NC(=O)[C@H](CCCCN)NC(=O)OCC5c6ccccc6-c6ccccc65)ccc4CC[C@@H]23)CCC[C@]2(C)c3cc(NC(=O)OCC4c5ccccc5-c5ccccc54)ccc3CC[C@@H]12.O=C(O)C(F)(F)F. The number of anilines is 2. The van der Waals surface area contributed by atoms with E-state index in [0.717, 1.165) is 95.9 Å². The maximum Gasteiger partial charge on any atom is 0.490 e. The number of unbranched alkanes of at least 4 members (excludes halogenated alkanes) is 1. The Morgan fingerprint density at radius 3 is 1.39 bits per heavy atom. The summed E-state index contributed by atoms with van der Waals surface area (Å²) in [6, 6.07) is 44.4. The van der Waals surface area contributed by atoms with Crippen molar-refractivity contribution in [3.05, 3.63) is 178 Å². The second kappa shape index (κ2) is 24.9. The normalized spacial score (nSPS) is 23.9. The standard InChI is InChI=1S/C70H77N5O7.C2HF3O2/c1-67-34-15-36-69(3,60(67)32-28-43-26-30-45(39-57(43)67)72-62(76)59(25-13-14-38-71)74-66(80)82-42-56-53-23-11-7-19-49(53)50-20-8-12-24-54(50)56)63(77)75-64(78)70(4)37-16-35-68(2)58-40-46(31-27-44(58)29-33-61(68)70)73-65(79)81-41-55-51-21-9-5-17-47(51)48-18-6-10-22-52(48)55;3-2(4,5)1(6)7/h5-12,17-24,26-27,30-31,39-40,55-56,59-61H,13-16,25,28-29,32-38,41-42,71H2,1-4H3,(H,72,76)(H,73,79)(H,74,80)(H,75,77,78);(H,6,7)/t59-,60+,61+,67+,68+,69-,70-;/m0./s1. The van der Waals surface area contributed by atoms with Crippen molar-refractivity contribution in [3.8, 4) is 22.3 Å². The number of carbonyl (C=O) groups is 6. The minimum atomic E-state index is -5.08. The predicted molar refractivity (Wildman–Crippen MR) is 334 cm³/mol. The van der Waals surface area contributed by atoms with Crippen LogP contribution >= 0.6 is 0 Å². The third-order valence-corrected chi connectivity index (χ3v) is 21.0. The fraction of sp³-hybridized carbons (Fsp3) is 0.417. The van der Waals surface area contributed by atoms with E-state index in [-0.39, 0.29) is 60.0 Å². The second-order valence-corrected chi connectivity index (χ2v) is 26.1. The Morgan fingerprint density at radius 1 is 0.573 bits per heavy atom. The van der Waals surface area contributed by atoms with E-state index in [1.54, 1.807) is 0 Å². The molecule has 7 N–H and O–H groups in total. The van der Waals surface area contributed by atoms with Crippen LogP contribution in [0.4, 0.5) is 34.1 Å². The Kier molecular flexibility index (Phi) is 17.5. The van der Waals surface area contributed by atoms with E-state index in [4.69, 9.17) is 25.1 Å². The molecule has 2 fully saturated rings. The zero-order valence-electron chi connectivity index (χ0n) is 50.8. The molecule has 7 atom stereocenters. The molecule has 0 saturated heterocycles. The molecule has 6 aliphatic rings. The summed E-state index contributed by atoms with van der Waals surface area (Å²) in [7, 11) is 0. The van der Waals surface area contributed by atoms with Gasteiger partial charge in [-0.05, 0) is 191 Å². The molecule has 0 bridgehead atoms. The van der Waals surface area contributed by atoms with Gasteiger partial charge >= 0.3 is 24.3 Å². The zero-order chi connectivity index (χ0) is 63.0. The fourth-order valence-corrected chi connectivity index (χ4v) is 16.5. The average Bonchev–Trinajstić information content (AvgIpc) is 1.67. The molecule has 6 aromatic carbocycles. The van der Waals surface area contributed by atoms with E-state index in [0.29, 0.717) is 50.0 Å². The number of carbonyl (C=O) groups excluding carboxylic acids is 5. The molecule has 89 heavy (non-hydrogen) atoms. The first kappa shape index (κ1) is 62.3. The number of halogens is 3. The molecule has 0 radical (unpaired) electrons. The molecule has 5 amide bonds. The number of alkyl halides is 3. The number of carboxylic acid groups (broad SMARTS) is 1. The number of aryl methyl sites for hydroxylation is 2. The summed E-state index contributed by atoms with van der Waals surface area (Å²) in [4.78, 5) is 80.4. The first-order valence-electron chi connectivity index (χ1n) is 31.2. The fourth-order valence-electron chi connectivity index (χ4n) is 16.5. The van der Waals surface area contributed by atoms with Crippen molar-refractivity contribution >= 4 is 47.3 Å². The molecule has 0 spiro atoms. The lowest BCUT2D eigenvalue weighted by Crippen LogP contribution is -2.60. The molecule has 14 nitrogen and oxygen atoms in total. The molecule has 0 heterocycles. The lowest BCUT2D eigenvalue weighted by atomic mass is 9.49. The number of nitrogens with one attached hydrogen (secondary N) is 4. The number of hydrogen-bond acceptors (Lipinski definition) is 9. The molecule has 6 aromatic rings. The number of benzene rings is 6. The van der Waals surface area contributed by atoms with Crippen LogP contribution in [0, 0.1) is 22.7 Å². The van der Waals surface area contributed by atoms with Crippen LogP contribution in [0.15, 0.2) is 133 Å². The Bertz CT molecular complexity index is 3650. The molecule has 17 heteroatoms. The first-order valence-corrected chi connectivity index (χ1v) is 31.2. The summed E-state index contributed by atoms with van der Waals surface area (Å²) in [6.45, 7) is 9.48. The van der Waals surface area contributed by atoms with Gasteiger partial charge in [0.15, 0.2) is 0 Å². The number of imide groups is 1. The van der Waals surface area contributed by atoms with E-state index in [9.17, 15) is 27.6 Å². The summed E-state index contributed by atoms with van der Waals surface area (Å²) in [5, 5.41) is 19.3. The van der Waals surface area contributed by atoms with Crippen LogP contribution in [0.2, 0.25) is 0 Å². The largest absolute Gasteiger partial charge is 0.490 e. The third kappa shape index (κ3) is 11.9. The minimum absolute atomic E-state index is 0.0345. The van der Waals surface area contributed by atoms with Gasteiger partial charge in [0.05, 0.1) is 10.8 Å². The molecule has 2 saturated carbocycles. The van der Waals surface area contributed by atoms with Crippen LogP contribution in [0.1, 0.15) is 155 Å². The molecular formula is C72H78F3N5O9. The maximum absolute atomic E-state index is 15.1. The van der Waals surface area contributed by atoms with Gasteiger partial charge in [0.25, 0.3) is 0 Å². The van der Waals surface area contributed by atoms with E-state index in [1.165, 1.54) is 22.3 Å². The van der Waals surface area contributed by atoms with E-state index < -0.39 is 46.6 Å². The smallest absolute Gasteiger partial charge is 0.475 e. The third-order valence-electron chi connectivity index (χ3n) is 21.0. The van der Waals surface area contributed by atoms with Crippen LogP contribution in [0.25, 0.3) is 22.3 Å². The second-order valence-electron chi connectivity index (χ2n) is 26.1. The van der Waals surface area contributed by atoms with Gasteiger partial charge in [-0.25, -0.2) is 14.4 Å². The van der Waals surface area contributed by atoms with E-state index in [1.807, 2.05) is 60.7 Å². The highest BCUT2D eigenvalue weighted by molar-refractivity contribution is 6.01. The number of aliphatic carboxylic acids is 1. The van der Waals surface area contributed by atoms with Crippen LogP contribution in [0.5, 0.6) is 0 Å². The van der Waals surface area contributed by atoms with Gasteiger partial charge in [0, 0.05) is 23.2 Å². The van der Waals surface area contributed by atoms with E-state index >= 15 is 9.59 Å². The van der Waals surface area contributed by atoms with Crippen molar-refractivity contribution in [2.24, 2.45) is 28.4 Å². The summed E-state index contributed by atoms with van der Waals surface area (Å²) < 4.78 is 43.6. The van der Waals surface area contributed by atoms with Crippen molar-refractivity contribution in [2.45, 2.75) is 146 Å². The summed E-state index contributed by atoms with van der Waals surface area (Å²) in [5.74, 6) is -3.77. The quantitative estimate of drug-likeness (QED) is 0.0448. The molecule has 0 unspecified atom stereocenters. The monoisotopic (exact) mass is 1210 g/mol. The highest BCUT2D eigenvalue weighted by Crippen LogP contribution is 2.60. The summed E-state index contributed by atoms with van der Waals surface area (Å²) in [6.07, 6.45) is 3.37. The van der Waals surface area contributed by atoms with Crippen molar-refractivity contribution in [1.29, 1.82) is 0 Å². The number of rotatable bonds is 14. The van der Waals surface area contributed by atoms with Crippen LogP contribution in [0.3, 0.4) is 0 Å². The number of alkyl carbamates (subject to hydrolysis) is 1. The highest BCUT2D eigenvalue weighted by Gasteiger charge is 2.59. The van der Waals surface area contributed by atoms with Gasteiger partial charge in [0.1, 0.15) is 19.3 Å². The Hall–Kier alpha value is -8.31. The van der Waals surface area contributed by atoms with Gasteiger partial charge in [-0.15, -0.1) is 0 Å². The molecule has 6 aliphatic carbocycles. The average molecular weight is 1210 g/mol. The summed E-state index contributed by atoms with van der Waals surface area (Å²) >= 11 is 0. The summed E-state index contributed by atoms with van der Waals surface area (Å²) in [5.41, 5.74) is 18.6. The molecular weight excluding hydrogens is 1140 g/mol. The lowest BCUT2D eigenvalue weighted by Gasteiger charge is -2.56. The topological polar surface area (TPSA) is 215 Å². The van der Waals surface area contributed by atoms with Gasteiger partial charge < -0.3 is 30.9 Å². The Balaban J connectivity index is 0.00000110. The maximum atomic E-state index is 15.1. The molecule has 12 rings (SSSR count). The van der Waals surface area contributed by atoms with Gasteiger partial charge in [-0.2, -0.15) is 13.2 Å². The molecule has 0 aliphatic heterocycles.